The molecule has 0 aromatic carbocycles. The summed E-state index contributed by atoms with van der Waals surface area (Å²) in [5.41, 5.74) is 0.515. The predicted molar refractivity (Wildman–Crippen MR) is 74.5 cm³/mol. The molecule has 2 rings (SSSR count). The largest absolute Gasteiger partial charge is 0.333 e. The van der Waals surface area contributed by atoms with Gasteiger partial charge in [-0.1, -0.05) is 6.07 Å². The van der Waals surface area contributed by atoms with Gasteiger partial charge in [0.1, 0.15) is 10.3 Å². The highest BCUT2D eigenvalue weighted by atomic mass is 79.9. The smallest absolute Gasteiger partial charge is 0.272 e. The summed E-state index contributed by atoms with van der Waals surface area (Å²) in [6, 6.07) is 5.68. The van der Waals surface area contributed by atoms with Gasteiger partial charge in [0.05, 0.1) is 0 Å². The highest BCUT2D eigenvalue weighted by molar-refractivity contribution is 9.10. The molecule has 1 aromatic heterocycles. The van der Waals surface area contributed by atoms with Gasteiger partial charge in [0, 0.05) is 19.1 Å². The van der Waals surface area contributed by atoms with Crippen LogP contribution < -0.4 is 0 Å². The maximum atomic E-state index is 12.4. The summed E-state index contributed by atoms with van der Waals surface area (Å²) >= 11 is 3.30. The summed E-state index contributed by atoms with van der Waals surface area (Å²) < 4.78 is 0.702. The summed E-state index contributed by atoms with van der Waals surface area (Å²) in [5.74, 6) is 0.0269. The number of amides is 1. The molecule has 1 fully saturated rings. The average Bonchev–Trinajstić information content (AvgIpc) is 2.49. The maximum Gasteiger partial charge on any atom is 0.272 e. The number of hydrogen-bond acceptors (Lipinski definition) is 3. The average molecular weight is 312 g/mol. The van der Waals surface area contributed by atoms with E-state index in [1.807, 2.05) is 17.0 Å². The van der Waals surface area contributed by atoms with Crippen molar-refractivity contribution in [3.05, 3.63) is 28.5 Å². The molecule has 5 heteroatoms. The molecule has 0 spiro atoms. The molecule has 1 atom stereocenters. The first-order valence-electron chi connectivity index (χ1n) is 6.20. The van der Waals surface area contributed by atoms with E-state index >= 15 is 0 Å². The molecular formula is C13H18BrN3O. The predicted octanol–water partition coefficient (Wildman–Crippen LogP) is 2.01. The monoisotopic (exact) mass is 311 g/mol. The molecular weight excluding hydrogens is 294 g/mol. The van der Waals surface area contributed by atoms with Crippen LogP contribution in [0.4, 0.5) is 0 Å². The molecule has 98 valence electrons. The van der Waals surface area contributed by atoms with E-state index in [1.165, 1.54) is 0 Å². The fourth-order valence-corrected chi connectivity index (χ4v) is 2.69. The molecule has 0 bridgehead atoms. The molecule has 1 aromatic rings. The van der Waals surface area contributed by atoms with Gasteiger partial charge in [-0.05, 0) is 55.0 Å². The molecule has 1 saturated heterocycles. The molecule has 0 radical (unpaired) electrons. The van der Waals surface area contributed by atoms with Crippen molar-refractivity contribution in [2.24, 2.45) is 0 Å². The molecule has 1 amide bonds. The number of rotatable bonds is 1. The lowest BCUT2D eigenvalue weighted by molar-refractivity contribution is 0.0690. The zero-order valence-electron chi connectivity index (χ0n) is 10.8. The van der Waals surface area contributed by atoms with Crippen LogP contribution in [0.1, 0.15) is 23.8 Å². The highest BCUT2D eigenvalue weighted by Gasteiger charge is 2.25. The Morgan fingerprint density at radius 1 is 1.44 bits per heavy atom. The minimum atomic E-state index is 0.0269. The molecule has 0 N–H and O–H groups in total. The van der Waals surface area contributed by atoms with Crippen LogP contribution in [0.15, 0.2) is 22.8 Å². The first-order chi connectivity index (χ1) is 8.58. The van der Waals surface area contributed by atoms with E-state index in [4.69, 9.17) is 0 Å². The Morgan fingerprint density at radius 3 is 2.94 bits per heavy atom. The van der Waals surface area contributed by atoms with Gasteiger partial charge < -0.3 is 9.80 Å². The van der Waals surface area contributed by atoms with E-state index in [9.17, 15) is 4.79 Å². The molecule has 0 aliphatic carbocycles. The maximum absolute atomic E-state index is 12.4. The lowest BCUT2D eigenvalue weighted by Crippen LogP contribution is -2.42. The fourth-order valence-electron chi connectivity index (χ4n) is 2.35. The zero-order chi connectivity index (χ0) is 13.1. The van der Waals surface area contributed by atoms with Crippen LogP contribution >= 0.6 is 15.9 Å². The Kier molecular flexibility index (Phi) is 4.35. The second kappa shape index (κ2) is 5.80. The zero-order valence-corrected chi connectivity index (χ0v) is 12.4. The summed E-state index contributed by atoms with van der Waals surface area (Å²) in [5, 5.41) is 0. The van der Waals surface area contributed by atoms with Crippen LogP contribution in [0.25, 0.3) is 0 Å². The highest BCUT2D eigenvalue weighted by Crippen LogP contribution is 2.14. The van der Waals surface area contributed by atoms with E-state index in [0.29, 0.717) is 10.3 Å². The van der Waals surface area contributed by atoms with Gasteiger partial charge in [-0.15, -0.1) is 0 Å². The van der Waals surface area contributed by atoms with Crippen molar-refractivity contribution >= 4 is 21.8 Å². The van der Waals surface area contributed by atoms with E-state index < -0.39 is 0 Å². The van der Waals surface area contributed by atoms with Crippen LogP contribution in [-0.2, 0) is 0 Å². The molecule has 0 saturated carbocycles. The topological polar surface area (TPSA) is 36.4 Å². The van der Waals surface area contributed by atoms with Gasteiger partial charge in [-0.25, -0.2) is 4.98 Å². The van der Waals surface area contributed by atoms with Gasteiger partial charge in [0.25, 0.3) is 5.91 Å². The van der Waals surface area contributed by atoms with Crippen LogP contribution in [0.2, 0.25) is 0 Å². The third-order valence-electron chi connectivity index (χ3n) is 3.24. The third-order valence-corrected chi connectivity index (χ3v) is 3.68. The lowest BCUT2D eigenvalue weighted by atomic mass is 10.2. The molecule has 2 heterocycles. The standard InChI is InChI=1S/C13H18BrN3O/c1-10-9-16(2)7-4-8-17(10)13(18)11-5-3-6-12(14)15-11/h3,5-6,10H,4,7-9H2,1-2H3. The molecule has 1 aliphatic rings. The number of carbonyl (C=O) groups excluding carboxylic acids is 1. The first-order valence-corrected chi connectivity index (χ1v) is 6.99. The summed E-state index contributed by atoms with van der Waals surface area (Å²) in [7, 11) is 2.10. The first kappa shape index (κ1) is 13.5. The van der Waals surface area contributed by atoms with Crippen molar-refractivity contribution in [1.82, 2.24) is 14.8 Å². The number of carbonyl (C=O) groups is 1. The Labute approximate surface area is 116 Å². The van der Waals surface area contributed by atoms with Crippen molar-refractivity contribution in [3.63, 3.8) is 0 Å². The number of aromatic nitrogens is 1. The van der Waals surface area contributed by atoms with Crippen LogP contribution in [0.3, 0.4) is 0 Å². The molecule has 1 unspecified atom stereocenters. The quantitative estimate of drug-likeness (QED) is 0.744. The number of halogens is 1. The lowest BCUT2D eigenvalue weighted by Gasteiger charge is -2.27. The summed E-state index contributed by atoms with van der Waals surface area (Å²) in [6.45, 7) is 4.86. The number of hydrogen-bond donors (Lipinski definition) is 0. The third kappa shape index (κ3) is 3.09. The van der Waals surface area contributed by atoms with E-state index in [-0.39, 0.29) is 11.9 Å². The normalized spacial score (nSPS) is 21.7. The number of likely N-dealkylation sites (N-methyl/N-ethyl adjacent to an activating group) is 1. The van der Waals surface area contributed by atoms with Crippen molar-refractivity contribution in [3.8, 4) is 0 Å². The van der Waals surface area contributed by atoms with Crippen molar-refractivity contribution in [1.29, 1.82) is 0 Å². The van der Waals surface area contributed by atoms with E-state index in [2.05, 4.69) is 39.8 Å². The van der Waals surface area contributed by atoms with Crippen LogP contribution in [-0.4, -0.2) is 53.4 Å². The Hall–Kier alpha value is -0.940. The summed E-state index contributed by atoms with van der Waals surface area (Å²) in [4.78, 5) is 20.9. The van der Waals surface area contributed by atoms with Crippen LogP contribution in [0, 0.1) is 0 Å². The van der Waals surface area contributed by atoms with Gasteiger partial charge in [0.15, 0.2) is 0 Å². The molecule has 1 aliphatic heterocycles. The number of pyridine rings is 1. The second-order valence-corrected chi connectivity index (χ2v) is 5.62. The van der Waals surface area contributed by atoms with Gasteiger partial charge in [-0.2, -0.15) is 0 Å². The van der Waals surface area contributed by atoms with Crippen LogP contribution in [0.5, 0.6) is 0 Å². The minimum Gasteiger partial charge on any atom is -0.333 e. The molecule has 4 nitrogen and oxygen atoms in total. The van der Waals surface area contributed by atoms with Crippen molar-refractivity contribution in [2.75, 3.05) is 26.7 Å². The van der Waals surface area contributed by atoms with Crippen molar-refractivity contribution < 1.29 is 4.79 Å². The number of nitrogens with zero attached hydrogens (tertiary/aromatic N) is 3. The Balaban J connectivity index is 2.17. The Bertz CT molecular complexity index is 438. The van der Waals surface area contributed by atoms with Gasteiger partial charge >= 0.3 is 0 Å². The van der Waals surface area contributed by atoms with Crippen molar-refractivity contribution in [2.45, 2.75) is 19.4 Å². The van der Waals surface area contributed by atoms with E-state index in [0.717, 1.165) is 26.1 Å². The SMILES string of the molecule is CC1CN(C)CCCN1C(=O)c1cccc(Br)n1. The Morgan fingerprint density at radius 2 is 2.22 bits per heavy atom. The van der Waals surface area contributed by atoms with Gasteiger partial charge in [0.2, 0.25) is 0 Å². The van der Waals surface area contributed by atoms with E-state index in [1.54, 1.807) is 6.07 Å². The fraction of sp³-hybridized carbons (Fsp3) is 0.538. The summed E-state index contributed by atoms with van der Waals surface area (Å²) in [6.07, 6.45) is 1.01. The van der Waals surface area contributed by atoms with Gasteiger partial charge in [-0.3, -0.25) is 4.79 Å². The second-order valence-electron chi connectivity index (χ2n) is 4.81. The minimum absolute atomic E-state index is 0.0269. The molecule has 18 heavy (non-hydrogen) atoms.